The summed E-state index contributed by atoms with van der Waals surface area (Å²) < 4.78 is 7.60. The van der Waals surface area contributed by atoms with Crippen LogP contribution in [0.5, 0.6) is 5.75 Å². The Labute approximate surface area is 166 Å². The van der Waals surface area contributed by atoms with Gasteiger partial charge in [-0.15, -0.1) is 0 Å². The van der Waals surface area contributed by atoms with Crippen molar-refractivity contribution in [1.29, 1.82) is 0 Å². The van der Waals surface area contributed by atoms with Crippen molar-refractivity contribution in [2.45, 2.75) is 39.3 Å². The third-order valence-corrected chi connectivity index (χ3v) is 4.51. The van der Waals surface area contributed by atoms with Gasteiger partial charge >= 0.3 is 0 Å². The van der Waals surface area contributed by atoms with E-state index in [9.17, 15) is 4.79 Å². The minimum Gasteiger partial charge on any atom is -0.489 e. The van der Waals surface area contributed by atoms with Crippen molar-refractivity contribution in [2.24, 2.45) is 7.05 Å². The molecule has 0 saturated heterocycles. The standard InChI is InChI=1S/C23H27N3O2/c1-23(2,3)19-8-10-21(11-9-19)28-16-17-6-5-7-18(14-17)22(27)24-15-20-12-13-26(4)25-20/h5-14H,15-16H2,1-4H3,(H,24,27). The summed E-state index contributed by atoms with van der Waals surface area (Å²) in [4.78, 5) is 12.4. The number of aromatic nitrogens is 2. The molecule has 0 fully saturated rings. The third-order valence-electron chi connectivity index (χ3n) is 4.51. The van der Waals surface area contributed by atoms with Gasteiger partial charge in [-0.3, -0.25) is 9.48 Å². The highest BCUT2D eigenvalue weighted by atomic mass is 16.5. The molecule has 28 heavy (non-hydrogen) atoms. The molecule has 1 N–H and O–H groups in total. The summed E-state index contributed by atoms with van der Waals surface area (Å²) in [5.41, 5.74) is 3.78. The lowest BCUT2D eigenvalue weighted by atomic mass is 9.87. The van der Waals surface area contributed by atoms with Gasteiger partial charge in [-0.25, -0.2) is 0 Å². The van der Waals surface area contributed by atoms with Gasteiger partial charge in [0.2, 0.25) is 0 Å². The second-order valence-electron chi connectivity index (χ2n) is 7.93. The first kappa shape index (κ1) is 19.7. The van der Waals surface area contributed by atoms with Crippen molar-refractivity contribution in [3.63, 3.8) is 0 Å². The minimum atomic E-state index is -0.123. The zero-order chi connectivity index (χ0) is 20.1. The summed E-state index contributed by atoms with van der Waals surface area (Å²) >= 11 is 0. The quantitative estimate of drug-likeness (QED) is 0.699. The predicted octanol–water partition coefficient (Wildman–Crippen LogP) is 4.23. The lowest BCUT2D eigenvalue weighted by Crippen LogP contribution is -2.23. The highest BCUT2D eigenvalue weighted by Gasteiger charge is 2.13. The van der Waals surface area contributed by atoms with Crippen LogP contribution in [0.1, 0.15) is 48.0 Å². The van der Waals surface area contributed by atoms with Gasteiger partial charge in [0, 0.05) is 18.8 Å². The summed E-state index contributed by atoms with van der Waals surface area (Å²) in [5, 5.41) is 7.15. The molecule has 0 aliphatic rings. The normalized spacial score (nSPS) is 11.3. The number of nitrogens with one attached hydrogen (secondary N) is 1. The van der Waals surface area contributed by atoms with Crippen LogP contribution in [0, 0.1) is 0 Å². The van der Waals surface area contributed by atoms with E-state index in [1.165, 1.54) is 5.56 Å². The fraction of sp³-hybridized carbons (Fsp3) is 0.304. The number of rotatable bonds is 6. The fourth-order valence-electron chi connectivity index (χ4n) is 2.85. The molecule has 1 heterocycles. The molecule has 0 bridgehead atoms. The first-order valence-corrected chi connectivity index (χ1v) is 9.40. The summed E-state index contributed by atoms with van der Waals surface area (Å²) in [6.45, 7) is 7.38. The van der Waals surface area contributed by atoms with Crippen molar-refractivity contribution in [2.75, 3.05) is 0 Å². The number of hydrogen-bond acceptors (Lipinski definition) is 3. The Morgan fingerprint density at radius 2 is 1.86 bits per heavy atom. The van der Waals surface area contributed by atoms with Crippen molar-refractivity contribution >= 4 is 5.91 Å². The Hall–Kier alpha value is -3.08. The van der Waals surface area contributed by atoms with Gasteiger partial charge in [0.25, 0.3) is 5.91 Å². The van der Waals surface area contributed by atoms with Crippen molar-refractivity contribution in [1.82, 2.24) is 15.1 Å². The van der Waals surface area contributed by atoms with Gasteiger partial charge in [-0.1, -0.05) is 45.0 Å². The summed E-state index contributed by atoms with van der Waals surface area (Å²) in [6, 6.07) is 17.5. The summed E-state index contributed by atoms with van der Waals surface area (Å²) in [6.07, 6.45) is 1.85. The van der Waals surface area contributed by atoms with Gasteiger partial charge in [-0.05, 0) is 46.9 Å². The molecule has 0 aliphatic carbocycles. The number of ether oxygens (including phenoxy) is 1. The first-order valence-electron chi connectivity index (χ1n) is 9.40. The lowest BCUT2D eigenvalue weighted by Gasteiger charge is -2.19. The molecule has 5 heteroatoms. The number of carbonyl (C=O) groups excluding carboxylic acids is 1. The molecule has 0 atom stereocenters. The van der Waals surface area contributed by atoms with E-state index in [1.807, 2.05) is 49.6 Å². The van der Waals surface area contributed by atoms with E-state index in [2.05, 4.69) is 43.3 Å². The van der Waals surface area contributed by atoms with Gasteiger partial charge in [-0.2, -0.15) is 5.10 Å². The van der Waals surface area contributed by atoms with Crippen LogP contribution in [0.25, 0.3) is 0 Å². The van der Waals surface area contributed by atoms with Crippen molar-refractivity contribution < 1.29 is 9.53 Å². The molecule has 1 aromatic heterocycles. The average molecular weight is 377 g/mol. The molecule has 3 rings (SSSR count). The summed E-state index contributed by atoms with van der Waals surface area (Å²) in [5.74, 6) is 0.694. The smallest absolute Gasteiger partial charge is 0.251 e. The van der Waals surface area contributed by atoms with Gasteiger partial charge in [0.1, 0.15) is 12.4 Å². The number of hydrogen-bond donors (Lipinski definition) is 1. The van der Waals surface area contributed by atoms with Crippen LogP contribution in [-0.4, -0.2) is 15.7 Å². The van der Waals surface area contributed by atoms with Crippen LogP contribution < -0.4 is 10.1 Å². The molecule has 146 valence electrons. The maximum Gasteiger partial charge on any atom is 0.251 e. The highest BCUT2D eigenvalue weighted by molar-refractivity contribution is 5.94. The van der Waals surface area contributed by atoms with Gasteiger partial charge in [0.15, 0.2) is 0 Å². The van der Waals surface area contributed by atoms with E-state index in [1.54, 1.807) is 10.7 Å². The largest absolute Gasteiger partial charge is 0.489 e. The zero-order valence-electron chi connectivity index (χ0n) is 16.9. The molecule has 0 aliphatic heterocycles. The predicted molar refractivity (Wildman–Crippen MR) is 110 cm³/mol. The van der Waals surface area contributed by atoms with E-state index >= 15 is 0 Å². The maximum atomic E-state index is 12.4. The zero-order valence-corrected chi connectivity index (χ0v) is 16.9. The second kappa shape index (κ2) is 8.30. The highest BCUT2D eigenvalue weighted by Crippen LogP contribution is 2.24. The number of aryl methyl sites for hydroxylation is 1. The Balaban J connectivity index is 1.57. The van der Waals surface area contributed by atoms with Crippen LogP contribution >= 0.6 is 0 Å². The summed E-state index contributed by atoms with van der Waals surface area (Å²) in [7, 11) is 1.85. The molecule has 3 aromatic rings. The molecule has 2 aromatic carbocycles. The molecule has 0 radical (unpaired) electrons. The van der Waals surface area contributed by atoms with Gasteiger partial charge in [0.05, 0.1) is 12.2 Å². The fourth-order valence-corrected chi connectivity index (χ4v) is 2.85. The van der Waals surface area contributed by atoms with Crippen LogP contribution in [0.2, 0.25) is 0 Å². The Morgan fingerprint density at radius 1 is 1.11 bits per heavy atom. The van der Waals surface area contributed by atoms with E-state index in [0.29, 0.717) is 18.7 Å². The Bertz CT molecular complexity index is 937. The SMILES string of the molecule is Cn1ccc(CNC(=O)c2cccc(COc3ccc(C(C)(C)C)cc3)c2)n1. The number of benzene rings is 2. The van der Waals surface area contributed by atoms with E-state index in [4.69, 9.17) is 4.74 Å². The molecular formula is C23H27N3O2. The monoisotopic (exact) mass is 377 g/mol. The lowest BCUT2D eigenvalue weighted by molar-refractivity contribution is 0.0950. The molecule has 1 amide bonds. The topological polar surface area (TPSA) is 56.2 Å². The Kier molecular flexibility index (Phi) is 5.83. The first-order chi connectivity index (χ1) is 13.3. The average Bonchev–Trinajstić information content (AvgIpc) is 3.09. The molecule has 0 unspecified atom stereocenters. The van der Waals surface area contributed by atoms with Crippen LogP contribution in [0.4, 0.5) is 0 Å². The van der Waals surface area contributed by atoms with E-state index < -0.39 is 0 Å². The van der Waals surface area contributed by atoms with Crippen molar-refractivity contribution in [3.05, 3.63) is 83.2 Å². The van der Waals surface area contributed by atoms with Crippen LogP contribution in [-0.2, 0) is 25.6 Å². The molecule has 0 spiro atoms. The third kappa shape index (κ3) is 5.22. The second-order valence-corrected chi connectivity index (χ2v) is 7.93. The number of amides is 1. The molecular weight excluding hydrogens is 350 g/mol. The molecule has 5 nitrogen and oxygen atoms in total. The molecule has 0 saturated carbocycles. The number of carbonyl (C=O) groups is 1. The van der Waals surface area contributed by atoms with E-state index in [-0.39, 0.29) is 11.3 Å². The minimum absolute atomic E-state index is 0.121. The van der Waals surface area contributed by atoms with Crippen molar-refractivity contribution in [3.8, 4) is 5.75 Å². The van der Waals surface area contributed by atoms with Crippen LogP contribution in [0.15, 0.2) is 60.8 Å². The maximum absolute atomic E-state index is 12.4. The van der Waals surface area contributed by atoms with Gasteiger partial charge < -0.3 is 10.1 Å². The number of nitrogens with zero attached hydrogens (tertiary/aromatic N) is 2. The Morgan fingerprint density at radius 3 is 2.50 bits per heavy atom. The van der Waals surface area contributed by atoms with Crippen LogP contribution in [0.3, 0.4) is 0 Å². The van der Waals surface area contributed by atoms with E-state index in [0.717, 1.165) is 17.0 Å².